The Kier molecular flexibility index (Phi) is 3.31. The van der Waals surface area contributed by atoms with Gasteiger partial charge in [0.1, 0.15) is 11.5 Å². The molecule has 0 atom stereocenters. The molecule has 0 saturated heterocycles. The quantitative estimate of drug-likeness (QED) is 0.789. The predicted molar refractivity (Wildman–Crippen MR) is 89.3 cm³/mol. The van der Waals surface area contributed by atoms with Crippen molar-refractivity contribution in [2.45, 2.75) is 18.3 Å². The van der Waals surface area contributed by atoms with E-state index >= 15 is 0 Å². The zero-order valence-corrected chi connectivity index (χ0v) is 13.0. The summed E-state index contributed by atoms with van der Waals surface area (Å²) in [5.41, 5.74) is 12.8. The number of benzene rings is 1. The van der Waals surface area contributed by atoms with Crippen molar-refractivity contribution in [2.75, 3.05) is 24.2 Å². The van der Waals surface area contributed by atoms with Crippen molar-refractivity contribution in [3.8, 4) is 17.4 Å². The van der Waals surface area contributed by atoms with Crippen molar-refractivity contribution in [3.63, 3.8) is 0 Å². The molecule has 2 aromatic rings. The van der Waals surface area contributed by atoms with Crippen LogP contribution in [0.15, 0.2) is 30.3 Å². The molecule has 124 valence electrons. The third kappa shape index (κ3) is 2.43. The Labute approximate surface area is 139 Å². The zero-order chi connectivity index (χ0) is 16.7. The Morgan fingerprint density at radius 2 is 2.17 bits per heavy atom. The Morgan fingerprint density at radius 1 is 1.33 bits per heavy atom. The highest BCUT2D eigenvalue weighted by molar-refractivity contribution is 5.94. The highest BCUT2D eigenvalue weighted by atomic mass is 16.5. The van der Waals surface area contributed by atoms with Gasteiger partial charge in [-0.1, -0.05) is 6.07 Å². The molecule has 1 fully saturated rings. The molecular formula is C17H18N4O3. The van der Waals surface area contributed by atoms with Gasteiger partial charge in [0.25, 0.3) is 0 Å². The monoisotopic (exact) mass is 326 g/mol. The maximum atomic E-state index is 11.4. The first-order valence-electron chi connectivity index (χ1n) is 7.82. The average molecular weight is 326 g/mol. The van der Waals surface area contributed by atoms with E-state index in [1.54, 1.807) is 12.1 Å². The number of hydrogen-bond acceptors (Lipinski definition) is 6. The molecule has 1 aliphatic carbocycles. The second-order valence-corrected chi connectivity index (χ2v) is 6.13. The van der Waals surface area contributed by atoms with Crippen LogP contribution < -0.4 is 26.3 Å². The number of carbonyl (C=O) groups excluding carboxylic acids is 1. The molecule has 7 heteroatoms. The Morgan fingerprint density at radius 3 is 2.88 bits per heavy atom. The molecule has 0 unspecified atom stereocenters. The van der Waals surface area contributed by atoms with Gasteiger partial charge in [0.15, 0.2) is 5.82 Å². The molecule has 1 saturated carbocycles. The van der Waals surface area contributed by atoms with Crippen LogP contribution in [0.4, 0.5) is 11.5 Å². The van der Waals surface area contributed by atoms with Crippen LogP contribution in [0.5, 0.6) is 17.4 Å². The summed E-state index contributed by atoms with van der Waals surface area (Å²) in [6, 6.07) is 9.09. The number of hydrogen-bond donors (Lipinski definition) is 3. The summed E-state index contributed by atoms with van der Waals surface area (Å²) < 4.78 is 11.7. The number of pyridine rings is 1. The zero-order valence-electron chi connectivity index (χ0n) is 13.0. The van der Waals surface area contributed by atoms with E-state index in [-0.39, 0.29) is 23.7 Å². The number of nitrogen functional groups attached to an aromatic ring is 1. The lowest BCUT2D eigenvalue weighted by molar-refractivity contribution is -0.114. The van der Waals surface area contributed by atoms with Crippen molar-refractivity contribution in [1.82, 2.24) is 4.98 Å². The molecule has 1 aromatic carbocycles. The third-order valence-electron chi connectivity index (χ3n) is 4.45. The number of ether oxygens (including phenoxy) is 2. The molecule has 5 N–H and O–H groups in total. The van der Waals surface area contributed by atoms with Crippen LogP contribution >= 0.6 is 0 Å². The molecule has 2 aliphatic rings. The lowest BCUT2D eigenvalue weighted by atomic mass is 9.97. The molecule has 1 amide bonds. The van der Waals surface area contributed by atoms with Crippen LogP contribution in [0, 0.1) is 0 Å². The van der Waals surface area contributed by atoms with Crippen LogP contribution in [-0.4, -0.2) is 24.0 Å². The number of rotatable bonds is 4. The average Bonchev–Trinajstić information content (AvgIpc) is 3.26. The van der Waals surface area contributed by atoms with Gasteiger partial charge in [-0.15, -0.1) is 0 Å². The lowest BCUT2D eigenvalue weighted by Crippen LogP contribution is -2.22. The lowest BCUT2D eigenvalue weighted by Gasteiger charge is -2.13. The number of amides is 1. The normalized spacial score (nSPS) is 16.4. The minimum Gasteiger partial charge on any atom is -0.492 e. The van der Waals surface area contributed by atoms with Gasteiger partial charge in [-0.3, -0.25) is 4.79 Å². The number of nitrogens with two attached hydrogens (primary N) is 2. The predicted octanol–water partition coefficient (Wildman–Crippen LogP) is 1.78. The van der Waals surface area contributed by atoms with E-state index in [0.29, 0.717) is 18.2 Å². The number of anilines is 2. The molecule has 24 heavy (non-hydrogen) atoms. The number of fused-ring (bicyclic) bond motifs is 2. The van der Waals surface area contributed by atoms with Crippen LogP contribution in [0.2, 0.25) is 0 Å². The third-order valence-corrected chi connectivity index (χ3v) is 4.45. The highest BCUT2D eigenvalue weighted by Crippen LogP contribution is 2.58. The minimum atomic E-state index is -0.328. The van der Waals surface area contributed by atoms with E-state index in [0.717, 1.165) is 29.9 Å². The molecule has 0 bridgehead atoms. The molecule has 0 radical (unpaired) electrons. The van der Waals surface area contributed by atoms with Crippen molar-refractivity contribution in [1.29, 1.82) is 0 Å². The van der Waals surface area contributed by atoms with E-state index in [1.807, 2.05) is 18.2 Å². The smallest absolute Gasteiger partial charge is 0.238 e. The molecule has 7 nitrogen and oxygen atoms in total. The number of nitrogens with one attached hydrogen (secondary N) is 1. The van der Waals surface area contributed by atoms with Gasteiger partial charge in [0.05, 0.1) is 18.8 Å². The van der Waals surface area contributed by atoms with E-state index in [2.05, 4.69) is 10.3 Å². The van der Waals surface area contributed by atoms with Gasteiger partial charge >= 0.3 is 0 Å². The van der Waals surface area contributed by atoms with Gasteiger partial charge in [0.2, 0.25) is 11.8 Å². The summed E-state index contributed by atoms with van der Waals surface area (Å²) in [6.07, 6.45) is 2.22. The van der Waals surface area contributed by atoms with Gasteiger partial charge in [-0.25, -0.2) is 0 Å². The van der Waals surface area contributed by atoms with Crippen LogP contribution in [0.1, 0.15) is 18.4 Å². The number of carbonyl (C=O) groups is 1. The van der Waals surface area contributed by atoms with Crippen LogP contribution in [0.3, 0.4) is 0 Å². The largest absolute Gasteiger partial charge is 0.492 e. The second-order valence-electron chi connectivity index (χ2n) is 6.13. The van der Waals surface area contributed by atoms with Gasteiger partial charge in [-0.05, 0) is 31.0 Å². The second kappa shape index (κ2) is 5.38. The van der Waals surface area contributed by atoms with Crippen molar-refractivity contribution in [3.05, 3.63) is 35.9 Å². The van der Waals surface area contributed by atoms with Crippen LogP contribution in [-0.2, 0) is 10.2 Å². The summed E-state index contributed by atoms with van der Waals surface area (Å²) >= 11 is 0. The van der Waals surface area contributed by atoms with E-state index in [4.69, 9.17) is 20.9 Å². The fourth-order valence-electron chi connectivity index (χ4n) is 3.00. The summed E-state index contributed by atoms with van der Waals surface area (Å²) in [5.74, 6) is 1.84. The first kappa shape index (κ1) is 14.8. The van der Waals surface area contributed by atoms with Gasteiger partial charge < -0.3 is 26.3 Å². The Balaban J connectivity index is 1.60. The SMILES string of the molecule is NCC(=O)Nc1ccc(Oc2cccc3c2C2(CC2)CO3)nc1N. The fraction of sp³-hybridized carbons (Fsp3) is 0.294. The first-order chi connectivity index (χ1) is 11.6. The standard InChI is InChI=1S/C17H18N4O3/c18-8-13(22)20-10-4-5-14(21-16(10)19)24-12-3-1-2-11-15(12)17(6-7-17)9-23-11/h1-5H,6-9,18H2,(H2,19,21)(H,20,22). The highest BCUT2D eigenvalue weighted by Gasteiger charge is 2.52. The molecule has 1 aliphatic heterocycles. The topological polar surface area (TPSA) is 112 Å². The number of nitrogens with zero attached hydrogens (tertiary/aromatic N) is 1. The van der Waals surface area contributed by atoms with Gasteiger partial charge in [0, 0.05) is 17.0 Å². The van der Waals surface area contributed by atoms with Gasteiger partial charge in [-0.2, -0.15) is 4.98 Å². The summed E-state index contributed by atoms with van der Waals surface area (Å²) in [4.78, 5) is 15.6. The van der Waals surface area contributed by atoms with Crippen molar-refractivity contribution < 1.29 is 14.3 Å². The molecule has 4 rings (SSSR count). The van der Waals surface area contributed by atoms with Crippen LogP contribution in [0.25, 0.3) is 0 Å². The Bertz CT molecular complexity index is 817. The van der Waals surface area contributed by atoms with Crippen molar-refractivity contribution in [2.24, 2.45) is 5.73 Å². The van der Waals surface area contributed by atoms with E-state index in [1.165, 1.54) is 0 Å². The van der Waals surface area contributed by atoms with Crippen molar-refractivity contribution >= 4 is 17.4 Å². The summed E-state index contributed by atoms with van der Waals surface area (Å²) in [5, 5.41) is 2.59. The van der Waals surface area contributed by atoms with E-state index in [9.17, 15) is 4.79 Å². The minimum absolute atomic E-state index is 0.104. The summed E-state index contributed by atoms with van der Waals surface area (Å²) in [6.45, 7) is 0.595. The molecular weight excluding hydrogens is 308 g/mol. The first-order valence-corrected chi connectivity index (χ1v) is 7.82. The molecule has 1 spiro atoms. The molecule has 1 aromatic heterocycles. The maximum absolute atomic E-state index is 11.4. The van der Waals surface area contributed by atoms with E-state index < -0.39 is 0 Å². The maximum Gasteiger partial charge on any atom is 0.238 e. The molecule has 2 heterocycles. The summed E-state index contributed by atoms with van der Waals surface area (Å²) in [7, 11) is 0. The number of aromatic nitrogens is 1. The fourth-order valence-corrected chi connectivity index (χ4v) is 3.00. The Hall–Kier alpha value is -2.80.